The van der Waals surface area contributed by atoms with Gasteiger partial charge in [0.05, 0.1) is 11.3 Å². The van der Waals surface area contributed by atoms with Crippen molar-refractivity contribution in [3.05, 3.63) is 71.8 Å². The number of carbonyl (C=O) groups excluding carboxylic acids is 1. The molecule has 0 N–H and O–H groups in total. The van der Waals surface area contributed by atoms with Gasteiger partial charge in [-0.05, 0) is 37.8 Å². The predicted molar refractivity (Wildman–Crippen MR) is 97.9 cm³/mol. The maximum atomic E-state index is 12.6. The van der Waals surface area contributed by atoms with E-state index in [2.05, 4.69) is 43.2 Å². The molecule has 0 saturated heterocycles. The summed E-state index contributed by atoms with van der Waals surface area (Å²) in [5.74, 6) is 0.113. The summed E-state index contributed by atoms with van der Waals surface area (Å²) in [6.07, 6.45) is 3.10. The van der Waals surface area contributed by atoms with Gasteiger partial charge in [-0.1, -0.05) is 60.7 Å². The Bertz CT molecular complexity index is 720. The largest absolute Gasteiger partial charge is 0.273 e. The smallest absolute Gasteiger partial charge is 0.243 e. The highest BCUT2D eigenvalue weighted by atomic mass is 16.2. The Balaban J connectivity index is 1.64. The zero-order valence-electron chi connectivity index (χ0n) is 14.4. The van der Waals surface area contributed by atoms with E-state index in [1.807, 2.05) is 36.4 Å². The van der Waals surface area contributed by atoms with Crippen molar-refractivity contribution in [3.63, 3.8) is 0 Å². The molecule has 3 rings (SSSR count). The molecule has 124 valence electrons. The number of hydrazone groups is 1. The third-order valence-corrected chi connectivity index (χ3v) is 4.44. The van der Waals surface area contributed by atoms with Gasteiger partial charge in [-0.2, -0.15) is 5.10 Å². The normalized spacial score (nSPS) is 16.1. The van der Waals surface area contributed by atoms with Crippen LogP contribution in [0, 0.1) is 0 Å². The molecule has 0 atom stereocenters. The number of nitrogens with zero attached hydrogens (tertiary/aromatic N) is 2. The molecule has 0 bridgehead atoms. The summed E-state index contributed by atoms with van der Waals surface area (Å²) in [4.78, 5) is 12.6. The minimum atomic E-state index is -0.255. The molecule has 2 aromatic rings. The molecule has 1 aliphatic rings. The lowest BCUT2D eigenvalue weighted by molar-refractivity contribution is -0.135. The van der Waals surface area contributed by atoms with E-state index in [0.29, 0.717) is 6.42 Å². The molecule has 1 amide bonds. The van der Waals surface area contributed by atoms with Gasteiger partial charge in [0, 0.05) is 12.8 Å². The topological polar surface area (TPSA) is 32.7 Å². The summed E-state index contributed by atoms with van der Waals surface area (Å²) in [5.41, 5.74) is 3.12. The maximum Gasteiger partial charge on any atom is 0.243 e. The lowest BCUT2D eigenvalue weighted by atomic mass is 9.94. The van der Waals surface area contributed by atoms with E-state index in [1.165, 1.54) is 5.56 Å². The van der Waals surface area contributed by atoms with Gasteiger partial charge in [-0.25, -0.2) is 5.01 Å². The monoisotopic (exact) mass is 320 g/mol. The minimum Gasteiger partial charge on any atom is -0.273 e. The highest BCUT2D eigenvalue weighted by Crippen LogP contribution is 2.30. The highest BCUT2D eigenvalue weighted by Gasteiger charge is 2.37. The van der Waals surface area contributed by atoms with Crippen molar-refractivity contribution >= 4 is 11.6 Å². The molecule has 0 saturated carbocycles. The molecule has 3 nitrogen and oxygen atoms in total. The highest BCUT2D eigenvalue weighted by molar-refractivity contribution is 6.03. The fraction of sp³-hybridized carbons (Fsp3) is 0.333. The van der Waals surface area contributed by atoms with E-state index in [4.69, 9.17) is 0 Å². The minimum absolute atomic E-state index is 0.113. The van der Waals surface area contributed by atoms with Crippen LogP contribution in [0.2, 0.25) is 0 Å². The molecular weight excluding hydrogens is 296 g/mol. The van der Waals surface area contributed by atoms with Crippen LogP contribution in [-0.4, -0.2) is 22.2 Å². The fourth-order valence-electron chi connectivity index (χ4n) is 3.15. The molecule has 0 fully saturated rings. The number of hydrogen-bond donors (Lipinski definition) is 0. The molecule has 0 aromatic heterocycles. The van der Waals surface area contributed by atoms with Crippen LogP contribution in [0.5, 0.6) is 0 Å². The molecule has 0 aliphatic carbocycles. The fourth-order valence-corrected chi connectivity index (χ4v) is 3.15. The lowest BCUT2D eigenvalue weighted by Gasteiger charge is -2.28. The van der Waals surface area contributed by atoms with Crippen molar-refractivity contribution in [1.82, 2.24) is 5.01 Å². The molecule has 0 unspecified atom stereocenters. The van der Waals surface area contributed by atoms with Crippen molar-refractivity contribution in [2.45, 2.75) is 45.1 Å². The zero-order chi connectivity index (χ0) is 17.0. The number of rotatable bonds is 5. The Kier molecular flexibility index (Phi) is 4.79. The van der Waals surface area contributed by atoms with Crippen LogP contribution in [0.25, 0.3) is 0 Å². The summed E-state index contributed by atoms with van der Waals surface area (Å²) < 4.78 is 0. The third-order valence-electron chi connectivity index (χ3n) is 4.44. The molecule has 0 radical (unpaired) electrons. The van der Waals surface area contributed by atoms with Crippen LogP contribution in [0.4, 0.5) is 0 Å². The summed E-state index contributed by atoms with van der Waals surface area (Å²) in [5, 5.41) is 6.33. The maximum absolute atomic E-state index is 12.6. The van der Waals surface area contributed by atoms with E-state index in [9.17, 15) is 4.79 Å². The number of carbonyl (C=O) groups is 1. The van der Waals surface area contributed by atoms with Gasteiger partial charge in [0.25, 0.3) is 0 Å². The van der Waals surface area contributed by atoms with Gasteiger partial charge in [-0.3, -0.25) is 4.79 Å². The molecule has 1 aliphatic heterocycles. The van der Waals surface area contributed by atoms with Crippen LogP contribution < -0.4 is 0 Å². The van der Waals surface area contributed by atoms with Gasteiger partial charge < -0.3 is 0 Å². The molecule has 24 heavy (non-hydrogen) atoms. The summed E-state index contributed by atoms with van der Waals surface area (Å²) >= 11 is 0. The van der Waals surface area contributed by atoms with Gasteiger partial charge in [0.1, 0.15) is 0 Å². The molecule has 0 spiro atoms. The van der Waals surface area contributed by atoms with Gasteiger partial charge in [0.2, 0.25) is 5.91 Å². The number of hydrogen-bond acceptors (Lipinski definition) is 2. The van der Waals surface area contributed by atoms with E-state index in [-0.39, 0.29) is 11.4 Å². The van der Waals surface area contributed by atoms with Crippen molar-refractivity contribution in [2.24, 2.45) is 5.10 Å². The summed E-state index contributed by atoms with van der Waals surface area (Å²) in [6, 6.07) is 20.4. The van der Waals surface area contributed by atoms with Crippen molar-refractivity contribution < 1.29 is 4.79 Å². The number of amides is 1. The van der Waals surface area contributed by atoms with Gasteiger partial charge in [0.15, 0.2) is 0 Å². The first-order valence-corrected chi connectivity index (χ1v) is 8.56. The molecule has 1 heterocycles. The van der Waals surface area contributed by atoms with Crippen LogP contribution in [0.1, 0.15) is 44.2 Å². The summed E-state index contributed by atoms with van der Waals surface area (Å²) in [7, 11) is 0. The van der Waals surface area contributed by atoms with Crippen LogP contribution in [0.15, 0.2) is 65.8 Å². The number of aryl methyl sites for hydroxylation is 1. The predicted octanol–water partition coefficient (Wildman–Crippen LogP) is 4.42. The third kappa shape index (κ3) is 3.73. The van der Waals surface area contributed by atoms with Crippen molar-refractivity contribution in [3.8, 4) is 0 Å². The Labute approximate surface area is 144 Å². The number of benzene rings is 2. The Morgan fingerprint density at radius 2 is 1.67 bits per heavy atom. The average Bonchev–Trinajstić information content (AvgIpc) is 2.92. The Morgan fingerprint density at radius 1 is 1.04 bits per heavy atom. The van der Waals surface area contributed by atoms with Crippen molar-refractivity contribution in [2.75, 3.05) is 0 Å². The van der Waals surface area contributed by atoms with E-state index in [0.717, 1.165) is 30.5 Å². The van der Waals surface area contributed by atoms with E-state index in [1.54, 1.807) is 5.01 Å². The molecule has 2 aromatic carbocycles. The second kappa shape index (κ2) is 7.00. The first-order valence-electron chi connectivity index (χ1n) is 8.56. The lowest BCUT2D eigenvalue weighted by Crippen LogP contribution is -2.40. The standard InChI is InChI=1S/C21H24N2O/c1-21(2)16-19(18-13-7-4-8-14-18)22-23(21)20(24)15-9-12-17-10-5-3-6-11-17/h3-8,10-11,13-14H,9,12,15-16H2,1-2H3. The first-order chi connectivity index (χ1) is 11.6. The van der Waals surface area contributed by atoms with Gasteiger partial charge >= 0.3 is 0 Å². The zero-order valence-corrected chi connectivity index (χ0v) is 14.4. The van der Waals surface area contributed by atoms with E-state index < -0.39 is 0 Å². The second-order valence-electron chi connectivity index (χ2n) is 6.95. The van der Waals surface area contributed by atoms with E-state index >= 15 is 0 Å². The van der Waals surface area contributed by atoms with Crippen LogP contribution >= 0.6 is 0 Å². The summed E-state index contributed by atoms with van der Waals surface area (Å²) in [6.45, 7) is 4.17. The molecule has 3 heteroatoms. The quantitative estimate of drug-likeness (QED) is 0.802. The molecular formula is C21H24N2O. The van der Waals surface area contributed by atoms with Crippen molar-refractivity contribution in [1.29, 1.82) is 0 Å². The van der Waals surface area contributed by atoms with Crippen LogP contribution in [0.3, 0.4) is 0 Å². The second-order valence-corrected chi connectivity index (χ2v) is 6.95. The van der Waals surface area contributed by atoms with Crippen LogP contribution in [-0.2, 0) is 11.2 Å². The van der Waals surface area contributed by atoms with Gasteiger partial charge in [-0.15, -0.1) is 0 Å². The Morgan fingerprint density at radius 3 is 2.33 bits per heavy atom. The average molecular weight is 320 g/mol. The SMILES string of the molecule is CC1(C)CC(c2ccccc2)=NN1C(=O)CCCc1ccccc1. The first kappa shape index (κ1) is 16.4. The Hall–Kier alpha value is -2.42.